The minimum Gasteiger partial charge on any atom is -0.339 e. The van der Waals surface area contributed by atoms with E-state index in [1.807, 2.05) is 9.80 Å². The van der Waals surface area contributed by atoms with Crippen molar-refractivity contribution in [1.82, 2.24) is 15.1 Å². The Morgan fingerprint density at radius 3 is 2.38 bits per heavy atom. The number of amides is 2. The van der Waals surface area contributed by atoms with Gasteiger partial charge in [-0.2, -0.15) is 0 Å². The van der Waals surface area contributed by atoms with Gasteiger partial charge in [0.2, 0.25) is 5.91 Å². The molecule has 0 saturated carbocycles. The number of hydrogen-bond acceptors (Lipinski definition) is 3. The van der Waals surface area contributed by atoms with Crippen molar-refractivity contribution in [2.45, 2.75) is 25.7 Å². The first-order valence-corrected chi connectivity index (χ1v) is 9.54. The number of hydrogen-bond donors (Lipinski definition) is 1. The average Bonchev–Trinajstić information content (AvgIpc) is 2.66. The molecule has 2 aliphatic rings. The first-order valence-electron chi connectivity index (χ1n) is 9.17. The Balaban J connectivity index is 0.00000243. The molecule has 0 aromatic heterocycles. The van der Waals surface area contributed by atoms with Gasteiger partial charge in [-0.05, 0) is 56.5 Å². The van der Waals surface area contributed by atoms with Crippen molar-refractivity contribution in [3.63, 3.8) is 0 Å². The second-order valence-corrected chi connectivity index (χ2v) is 7.35. The lowest BCUT2D eigenvalue weighted by Gasteiger charge is -2.35. The molecule has 3 rings (SSSR count). The zero-order chi connectivity index (χ0) is 17.6. The fourth-order valence-electron chi connectivity index (χ4n) is 3.62. The summed E-state index contributed by atoms with van der Waals surface area (Å²) in [5, 5.41) is 3.92. The van der Waals surface area contributed by atoms with Gasteiger partial charge < -0.3 is 15.1 Å². The van der Waals surface area contributed by atoms with Gasteiger partial charge in [0, 0.05) is 43.2 Å². The standard InChI is InChI=1S/C19H26ClN3O2.ClH/c20-17-3-1-2-16(14-17)19(25)23-12-10-22(11-13-23)18(24)5-4-15-6-8-21-9-7-15;/h1-3,14-15,21H,4-13H2;1H. The number of piperazine rings is 1. The minimum atomic E-state index is -0.00990. The normalized spacial score (nSPS) is 18.3. The highest BCUT2D eigenvalue weighted by atomic mass is 35.5. The number of carbonyl (C=O) groups is 2. The quantitative estimate of drug-likeness (QED) is 0.846. The second-order valence-electron chi connectivity index (χ2n) is 6.92. The molecule has 2 fully saturated rings. The van der Waals surface area contributed by atoms with Crippen molar-refractivity contribution in [1.29, 1.82) is 0 Å². The van der Waals surface area contributed by atoms with Crippen LogP contribution >= 0.6 is 24.0 Å². The topological polar surface area (TPSA) is 52.7 Å². The minimum absolute atomic E-state index is 0. The van der Waals surface area contributed by atoms with Gasteiger partial charge in [0.05, 0.1) is 0 Å². The number of benzene rings is 1. The van der Waals surface area contributed by atoms with Crippen molar-refractivity contribution in [2.24, 2.45) is 5.92 Å². The molecule has 26 heavy (non-hydrogen) atoms. The molecule has 2 aliphatic heterocycles. The van der Waals surface area contributed by atoms with Crippen LogP contribution in [0, 0.1) is 5.92 Å². The Morgan fingerprint density at radius 2 is 1.73 bits per heavy atom. The summed E-state index contributed by atoms with van der Waals surface area (Å²) < 4.78 is 0. The lowest BCUT2D eigenvalue weighted by molar-refractivity contribution is -0.133. The molecule has 0 aliphatic carbocycles. The first-order chi connectivity index (χ1) is 12.1. The van der Waals surface area contributed by atoms with Crippen LogP contribution in [0.5, 0.6) is 0 Å². The molecule has 1 N–H and O–H groups in total. The van der Waals surface area contributed by atoms with Gasteiger partial charge in [0.1, 0.15) is 0 Å². The Kier molecular flexibility index (Phi) is 8.19. The number of carbonyl (C=O) groups excluding carboxylic acids is 2. The zero-order valence-electron chi connectivity index (χ0n) is 15.0. The largest absolute Gasteiger partial charge is 0.339 e. The maximum Gasteiger partial charge on any atom is 0.254 e. The van der Waals surface area contributed by atoms with Gasteiger partial charge in [-0.3, -0.25) is 9.59 Å². The zero-order valence-corrected chi connectivity index (χ0v) is 16.5. The van der Waals surface area contributed by atoms with Gasteiger partial charge in [0.25, 0.3) is 5.91 Å². The molecule has 0 unspecified atom stereocenters. The van der Waals surface area contributed by atoms with Crippen LogP contribution in [0.3, 0.4) is 0 Å². The van der Waals surface area contributed by atoms with Gasteiger partial charge in [0.15, 0.2) is 0 Å². The summed E-state index contributed by atoms with van der Waals surface area (Å²) in [5.74, 6) is 0.897. The van der Waals surface area contributed by atoms with Crippen LogP contribution in [0.15, 0.2) is 24.3 Å². The lowest BCUT2D eigenvalue weighted by Crippen LogP contribution is -2.50. The van der Waals surface area contributed by atoms with Gasteiger partial charge in [-0.1, -0.05) is 17.7 Å². The molecule has 5 nitrogen and oxygen atoms in total. The van der Waals surface area contributed by atoms with E-state index in [0.29, 0.717) is 49.1 Å². The first kappa shape index (κ1) is 21.0. The van der Waals surface area contributed by atoms with Crippen LogP contribution in [-0.2, 0) is 4.79 Å². The Morgan fingerprint density at radius 1 is 1.08 bits per heavy atom. The average molecular weight is 400 g/mol. The van der Waals surface area contributed by atoms with Crippen LogP contribution in [0.25, 0.3) is 0 Å². The van der Waals surface area contributed by atoms with Crippen molar-refractivity contribution in [3.8, 4) is 0 Å². The van der Waals surface area contributed by atoms with E-state index in [0.717, 1.165) is 19.5 Å². The summed E-state index contributed by atoms with van der Waals surface area (Å²) >= 11 is 5.96. The highest BCUT2D eigenvalue weighted by molar-refractivity contribution is 6.30. The molecule has 0 bridgehead atoms. The van der Waals surface area contributed by atoms with Crippen molar-refractivity contribution in [3.05, 3.63) is 34.9 Å². The number of rotatable bonds is 4. The van der Waals surface area contributed by atoms with Crippen molar-refractivity contribution < 1.29 is 9.59 Å². The molecule has 2 heterocycles. The van der Waals surface area contributed by atoms with Gasteiger partial charge in [-0.15, -0.1) is 12.4 Å². The predicted octanol–water partition coefficient (Wildman–Crippen LogP) is 2.83. The molecule has 1 aromatic rings. The summed E-state index contributed by atoms with van der Waals surface area (Å²) in [5.41, 5.74) is 0.609. The van der Waals surface area contributed by atoms with Gasteiger partial charge in [-0.25, -0.2) is 0 Å². The van der Waals surface area contributed by atoms with Crippen molar-refractivity contribution in [2.75, 3.05) is 39.3 Å². The van der Waals surface area contributed by atoms with Crippen LogP contribution < -0.4 is 5.32 Å². The SMILES string of the molecule is Cl.O=C(CCC1CCNCC1)N1CCN(C(=O)c2cccc(Cl)c2)CC1. The molecule has 0 spiro atoms. The fraction of sp³-hybridized carbons (Fsp3) is 0.579. The van der Waals surface area contributed by atoms with E-state index in [1.54, 1.807) is 24.3 Å². The Bertz CT molecular complexity index is 613. The van der Waals surface area contributed by atoms with E-state index in [1.165, 1.54) is 12.8 Å². The molecular weight excluding hydrogens is 373 g/mol. The number of nitrogens with one attached hydrogen (secondary N) is 1. The molecule has 144 valence electrons. The Hall–Kier alpha value is -1.30. The maximum atomic E-state index is 12.5. The third-order valence-electron chi connectivity index (χ3n) is 5.22. The third kappa shape index (κ3) is 5.60. The molecule has 0 atom stereocenters. The monoisotopic (exact) mass is 399 g/mol. The van der Waals surface area contributed by atoms with Crippen LogP contribution in [0.2, 0.25) is 5.02 Å². The smallest absolute Gasteiger partial charge is 0.254 e. The van der Waals surface area contributed by atoms with E-state index in [9.17, 15) is 9.59 Å². The summed E-state index contributed by atoms with van der Waals surface area (Å²) in [6, 6.07) is 7.03. The molecule has 2 amide bonds. The summed E-state index contributed by atoms with van der Waals surface area (Å²) in [4.78, 5) is 28.7. The molecule has 1 aromatic carbocycles. The van der Waals surface area contributed by atoms with Gasteiger partial charge >= 0.3 is 0 Å². The molecule has 2 saturated heterocycles. The second kappa shape index (κ2) is 10.1. The number of piperidine rings is 1. The highest BCUT2D eigenvalue weighted by Gasteiger charge is 2.25. The van der Waals surface area contributed by atoms with E-state index in [2.05, 4.69) is 5.32 Å². The van der Waals surface area contributed by atoms with Crippen LogP contribution in [-0.4, -0.2) is 60.9 Å². The number of halogens is 2. The third-order valence-corrected chi connectivity index (χ3v) is 5.45. The van der Waals surface area contributed by atoms with Crippen LogP contribution in [0.1, 0.15) is 36.0 Å². The summed E-state index contributed by atoms with van der Waals surface area (Å²) in [6.45, 7) is 4.57. The highest BCUT2D eigenvalue weighted by Crippen LogP contribution is 2.19. The fourth-order valence-corrected chi connectivity index (χ4v) is 3.81. The van der Waals surface area contributed by atoms with E-state index in [-0.39, 0.29) is 24.2 Å². The van der Waals surface area contributed by atoms with E-state index >= 15 is 0 Å². The number of nitrogens with zero attached hydrogens (tertiary/aromatic N) is 2. The molecule has 0 radical (unpaired) electrons. The van der Waals surface area contributed by atoms with Crippen LogP contribution in [0.4, 0.5) is 0 Å². The van der Waals surface area contributed by atoms with E-state index < -0.39 is 0 Å². The maximum absolute atomic E-state index is 12.5. The predicted molar refractivity (Wildman–Crippen MR) is 106 cm³/mol. The lowest BCUT2D eigenvalue weighted by atomic mass is 9.93. The Labute approximate surface area is 166 Å². The summed E-state index contributed by atoms with van der Waals surface area (Å²) in [6.07, 6.45) is 3.97. The molecular formula is C19H27Cl2N3O2. The van der Waals surface area contributed by atoms with Crippen molar-refractivity contribution >= 4 is 35.8 Å². The summed E-state index contributed by atoms with van der Waals surface area (Å²) in [7, 11) is 0. The van der Waals surface area contributed by atoms with E-state index in [4.69, 9.17) is 11.6 Å². The molecule has 7 heteroatoms.